The number of carbonyl (C=O) groups excluding carboxylic acids is 2. The molecule has 2 aromatic rings. The van der Waals surface area contributed by atoms with Gasteiger partial charge in [0, 0.05) is 36.6 Å². The normalized spacial score (nSPS) is 10.3. The van der Waals surface area contributed by atoms with Crippen LogP contribution in [0.2, 0.25) is 5.02 Å². The molecule has 150 valence electrons. The van der Waals surface area contributed by atoms with Crippen LogP contribution in [0.4, 0.5) is 0 Å². The highest BCUT2D eigenvalue weighted by atomic mass is 35.5. The van der Waals surface area contributed by atoms with Crippen molar-refractivity contribution in [3.8, 4) is 11.5 Å². The van der Waals surface area contributed by atoms with Gasteiger partial charge in [0.05, 0.1) is 14.2 Å². The zero-order chi connectivity index (χ0) is 20.5. The molecule has 2 amide bonds. The van der Waals surface area contributed by atoms with Gasteiger partial charge in [-0.1, -0.05) is 17.7 Å². The highest BCUT2D eigenvalue weighted by Gasteiger charge is 2.14. The van der Waals surface area contributed by atoms with Crippen LogP contribution >= 0.6 is 11.6 Å². The molecule has 6 nitrogen and oxygen atoms in total. The highest BCUT2D eigenvalue weighted by Crippen LogP contribution is 2.28. The summed E-state index contributed by atoms with van der Waals surface area (Å²) in [7, 11) is 3.16. The van der Waals surface area contributed by atoms with Crippen LogP contribution in [0, 0.1) is 0 Å². The molecule has 28 heavy (non-hydrogen) atoms. The van der Waals surface area contributed by atoms with E-state index in [4.69, 9.17) is 21.1 Å². The highest BCUT2D eigenvalue weighted by molar-refractivity contribution is 6.30. The van der Waals surface area contributed by atoms with Gasteiger partial charge >= 0.3 is 0 Å². The number of carbonyl (C=O) groups is 2. The van der Waals surface area contributed by atoms with Gasteiger partial charge in [-0.15, -0.1) is 0 Å². The first kappa shape index (κ1) is 21.6. The van der Waals surface area contributed by atoms with Gasteiger partial charge in [-0.3, -0.25) is 9.59 Å². The lowest BCUT2D eigenvalue weighted by Crippen LogP contribution is -2.34. The van der Waals surface area contributed by atoms with Crippen molar-refractivity contribution in [1.82, 2.24) is 10.2 Å². The van der Waals surface area contributed by atoms with E-state index in [-0.39, 0.29) is 24.8 Å². The molecular formula is C21H25ClN2O4. The first-order chi connectivity index (χ1) is 13.5. The molecule has 7 heteroatoms. The van der Waals surface area contributed by atoms with Crippen LogP contribution in [0.1, 0.15) is 29.3 Å². The van der Waals surface area contributed by atoms with Gasteiger partial charge < -0.3 is 19.7 Å². The monoisotopic (exact) mass is 404 g/mol. The zero-order valence-electron chi connectivity index (χ0n) is 16.3. The summed E-state index contributed by atoms with van der Waals surface area (Å²) < 4.78 is 10.5. The maximum Gasteiger partial charge on any atom is 0.251 e. The molecule has 1 N–H and O–H groups in total. The second kappa shape index (κ2) is 10.6. The Morgan fingerprint density at radius 2 is 1.71 bits per heavy atom. The average molecular weight is 405 g/mol. The summed E-state index contributed by atoms with van der Waals surface area (Å²) in [6.45, 7) is 3.22. The van der Waals surface area contributed by atoms with Gasteiger partial charge in [0.25, 0.3) is 5.91 Å². The van der Waals surface area contributed by atoms with E-state index in [1.165, 1.54) is 0 Å². The molecule has 0 unspecified atom stereocenters. The van der Waals surface area contributed by atoms with Crippen molar-refractivity contribution in [2.24, 2.45) is 0 Å². The van der Waals surface area contributed by atoms with Gasteiger partial charge in [-0.05, 0) is 48.9 Å². The van der Waals surface area contributed by atoms with Crippen molar-refractivity contribution in [3.05, 3.63) is 58.6 Å². The van der Waals surface area contributed by atoms with Gasteiger partial charge in [0.1, 0.15) is 0 Å². The van der Waals surface area contributed by atoms with E-state index in [1.807, 2.05) is 25.1 Å². The molecule has 0 aromatic heterocycles. The number of nitrogens with one attached hydrogen (secondary N) is 1. The fourth-order valence-electron chi connectivity index (χ4n) is 2.72. The molecule has 0 aliphatic carbocycles. The van der Waals surface area contributed by atoms with E-state index >= 15 is 0 Å². The molecule has 2 rings (SSSR count). The second-order valence-electron chi connectivity index (χ2n) is 6.11. The summed E-state index contributed by atoms with van der Waals surface area (Å²) in [5, 5.41) is 3.33. The fourth-order valence-corrected chi connectivity index (χ4v) is 2.85. The van der Waals surface area contributed by atoms with Gasteiger partial charge in [-0.25, -0.2) is 0 Å². The molecule has 2 aromatic carbocycles. The minimum Gasteiger partial charge on any atom is -0.493 e. The molecule has 0 spiro atoms. The van der Waals surface area contributed by atoms with E-state index in [0.717, 1.165) is 5.56 Å². The number of hydrogen-bond acceptors (Lipinski definition) is 4. The summed E-state index contributed by atoms with van der Waals surface area (Å²) in [5.41, 5.74) is 1.45. The minimum atomic E-state index is -0.229. The van der Waals surface area contributed by atoms with Gasteiger partial charge in [-0.2, -0.15) is 0 Å². The van der Waals surface area contributed by atoms with Crippen molar-refractivity contribution in [2.75, 3.05) is 27.3 Å². The van der Waals surface area contributed by atoms with Crippen molar-refractivity contribution in [2.45, 2.75) is 19.9 Å². The quantitative estimate of drug-likeness (QED) is 0.694. The average Bonchev–Trinajstić information content (AvgIpc) is 2.71. The van der Waals surface area contributed by atoms with Crippen LogP contribution < -0.4 is 14.8 Å². The van der Waals surface area contributed by atoms with Crippen LogP contribution in [0.15, 0.2) is 42.5 Å². The standard InChI is InChI=1S/C21H25ClN2O4/c1-4-24(14-15-5-10-18(27-2)19(13-15)28-3)20(25)11-12-23-21(26)16-6-8-17(22)9-7-16/h5-10,13H,4,11-12,14H2,1-3H3,(H,23,26). The Bertz CT molecular complexity index is 809. The Balaban J connectivity index is 1.89. The summed E-state index contributed by atoms with van der Waals surface area (Å²) in [6, 6.07) is 12.2. The Hall–Kier alpha value is -2.73. The van der Waals surface area contributed by atoms with Crippen LogP contribution in [0.3, 0.4) is 0 Å². The third kappa shape index (κ3) is 5.89. The number of nitrogens with zero attached hydrogens (tertiary/aromatic N) is 1. The largest absolute Gasteiger partial charge is 0.493 e. The first-order valence-electron chi connectivity index (χ1n) is 9.01. The predicted octanol–water partition coefficient (Wildman–Crippen LogP) is 3.53. The second-order valence-corrected chi connectivity index (χ2v) is 6.55. The molecule has 0 radical (unpaired) electrons. The molecule has 0 atom stereocenters. The van der Waals surface area contributed by atoms with E-state index in [2.05, 4.69) is 5.32 Å². The number of rotatable bonds is 9. The van der Waals surface area contributed by atoms with E-state index in [1.54, 1.807) is 43.4 Å². The minimum absolute atomic E-state index is 0.0336. The maximum atomic E-state index is 12.5. The molecular weight excluding hydrogens is 380 g/mol. The number of benzene rings is 2. The van der Waals surface area contributed by atoms with Crippen LogP contribution in [-0.2, 0) is 11.3 Å². The van der Waals surface area contributed by atoms with Crippen molar-refractivity contribution >= 4 is 23.4 Å². The Morgan fingerprint density at radius 1 is 1.04 bits per heavy atom. The Labute approximate surface area is 170 Å². The Morgan fingerprint density at radius 3 is 2.32 bits per heavy atom. The lowest BCUT2D eigenvalue weighted by molar-refractivity contribution is -0.131. The van der Waals surface area contributed by atoms with Crippen molar-refractivity contribution < 1.29 is 19.1 Å². The number of methoxy groups -OCH3 is 2. The SMILES string of the molecule is CCN(Cc1ccc(OC)c(OC)c1)C(=O)CCNC(=O)c1ccc(Cl)cc1. The van der Waals surface area contributed by atoms with Crippen LogP contribution in [0.5, 0.6) is 11.5 Å². The van der Waals surface area contributed by atoms with Crippen molar-refractivity contribution in [3.63, 3.8) is 0 Å². The molecule has 0 aliphatic heterocycles. The molecule has 0 bridgehead atoms. The number of ether oxygens (including phenoxy) is 2. The van der Waals surface area contributed by atoms with Crippen LogP contribution in [0.25, 0.3) is 0 Å². The number of hydrogen-bond donors (Lipinski definition) is 1. The lowest BCUT2D eigenvalue weighted by atomic mass is 10.1. The maximum absolute atomic E-state index is 12.5. The molecule has 0 heterocycles. The number of halogens is 1. The summed E-state index contributed by atoms with van der Waals surface area (Å²) >= 11 is 5.82. The smallest absolute Gasteiger partial charge is 0.251 e. The molecule has 0 saturated carbocycles. The van der Waals surface area contributed by atoms with Crippen LogP contribution in [-0.4, -0.2) is 44.0 Å². The molecule has 0 fully saturated rings. The summed E-state index contributed by atoms with van der Waals surface area (Å²) in [4.78, 5) is 26.3. The first-order valence-corrected chi connectivity index (χ1v) is 9.38. The van der Waals surface area contributed by atoms with E-state index in [9.17, 15) is 9.59 Å². The predicted molar refractivity (Wildman–Crippen MR) is 109 cm³/mol. The van der Waals surface area contributed by atoms with Crippen molar-refractivity contribution in [1.29, 1.82) is 0 Å². The number of amides is 2. The van der Waals surface area contributed by atoms with Gasteiger partial charge in [0.2, 0.25) is 5.91 Å². The summed E-state index contributed by atoms with van der Waals surface area (Å²) in [5.74, 6) is 1.00. The zero-order valence-corrected chi connectivity index (χ0v) is 17.1. The Kier molecular flexibility index (Phi) is 8.14. The van der Waals surface area contributed by atoms with Gasteiger partial charge in [0.15, 0.2) is 11.5 Å². The lowest BCUT2D eigenvalue weighted by Gasteiger charge is -2.22. The third-order valence-corrected chi connectivity index (χ3v) is 4.54. The fraction of sp³-hybridized carbons (Fsp3) is 0.333. The molecule has 0 aliphatic rings. The third-order valence-electron chi connectivity index (χ3n) is 4.29. The topological polar surface area (TPSA) is 67.9 Å². The summed E-state index contributed by atoms with van der Waals surface area (Å²) in [6.07, 6.45) is 0.223. The van der Waals surface area contributed by atoms with E-state index < -0.39 is 0 Å². The molecule has 0 saturated heterocycles. The van der Waals surface area contributed by atoms with E-state index in [0.29, 0.717) is 35.2 Å².